The molecule has 0 atom stereocenters. The summed E-state index contributed by atoms with van der Waals surface area (Å²) in [5, 5.41) is 0. The summed E-state index contributed by atoms with van der Waals surface area (Å²) in [4.78, 5) is 16.9. The molecule has 0 aliphatic carbocycles. The first kappa shape index (κ1) is 15.2. The number of halogens is 1. The summed E-state index contributed by atoms with van der Waals surface area (Å²) in [6.07, 6.45) is 5.38. The van der Waals surface area contributed by atoms with Crippen LogP contribution < -0.4 is 4.80 Å². The number of aryl methyl sites for hydroxylation is 1. The second kappa shape index (κ2) is 6.19. The quantitative estimate of drug-likeness (QED) is 0.664. The van der Waals surface area contributed by atoms with E-state index in [9.17, 15) is 9.18 Å². The number of amides is 1. The highest BCUT2D eigenvalue weighted by Crippen LogP contribution is 2.20. The maximum atomic E-state index is 14.1. The topological polar surface area (TPSA) is 34.4 Å². The number of fused-ring (bicyclic) bond motifs is 1. The van der Waals surface area contributed by atoms with Crippen molar-refractivity contribution in [1.29, 1.82) is 0 Å². The SMILES string of the molecule is C#CCn1c(=NC(=O)c2cccc(C)c2)sc2cccc(F)c21. The summed E-state index contributed by atoms with van der Waals surface area (Å²) in [6.45, 7) is 2.06. The highest BCUT2D eigenvalue weighted by molar-refractivity contribution is 7.16. The molecule has 0 aliphatic heterocycles. The van der Waals surface area contributed by atoms with Crippen LogP contribution in [0.5, 0.6) is 0 Å². The standard InChI is InChI=1S/C18H13FN2OS/c1-3-10-21-16-14(19)8-5-9-15(16)23-18(21)20-17(22)13-7-4-6-12(2)11-13/h1,4-9,11H,10H2,2H3. The Morgan fingerprint density at radius 2 is 2.13 bits per heavy atom. The van der Waals surface area contributed by atoms with Gasteiger partial charge in [0.15, 0.2) is 4.80 Å². The molecule has 0 unspecified atom stereocenters. The van der Waals surface area contributed by atoms with E-state index in [1.807, 2.05) is 13.0 Å². The molecular weight excluding hydrogens is 311 g/mol. The minimum Gasteiger partial charge on any atom is -0.302 e. The number of para-hydroxylation sites is 1. The number of benzene rings is 2. The smallest absolute Gasteiger partial charge is 0.279 e. The number of thiazole rings is 1. The van der Waals surface area contributed by atoms with Crippen molar-refractivity contribution in [3.05, 3.63) is 64.2 Å². The van der Waals surface area contributed by atoms with Crippen LogP contribution in [0.2, 0.25) is 0 Å². The van der Waals surface area contributed by atoms with Gasteiger partial charge in [0.25, 0.3) is 5.91 Å². The van der Waals surface area contributed by atoms with Crippen molar-refractivity contribution in [3.63, 3.8) is 0 Å². The third kappa shape index (κ3) is 2.94. The van der Waals surface area contributed by atoms with Gasteiger partial charge in [0.2, 0.25) is 0 Å². The van der Waals surface area contributed by atoms with Gasteiger partial charge < -0.3 is 4.57 Å². The van der Waals surface area contributed by atoms with Gasteiger partial charge in [-0.1, -0.05) is 41.0 Å². The first-order chi connectivity index (χ1) is 11.1. The molecule has 3 rings (SSSR count). The lowest BCUT2D eigenvalue weighted by Crippen LogP contribution is -2.17. The van der Waals surface area contributed by atoms with Gasteiger partial charge in [-0.25, -0.2) is 4.39 Å². The van der Waals surface area contributed by atoms with Gasteiger partial charge >= 0.3 is 0 Å². The predicted octanol–water partition coefficient (Wildman–Crippen LogP) is 3.52. The number of rotatable bonds is 2. The molecule has 0 fully saturated rings. The Morgan fingerprint density at radius 3 is 2.87 bits per heavy atom. The lowest BCUT2D eigenvalue weighted by atomic mass is 10.1. The number of carbonyl (C=O) groups excluding carboxylic acids is 1. The first-order valence-corrected chi connectivity index (χ1v) is 7.79. The van der Waals surface area contributed by atoms with Gasteiger partial charge in [0, 0.05) is 5.56 Å². The van der Waals surface area contributed by atoms with E-state index in [4.69, 9.17) is 6.42 Å². The van der Waals surface area contributed by atoms with E-state index >= 15 is 0 Å². The fraction of sp³-hybridized carbons (Fsp3) is 0.111. The van der Waals surface area contributed by atoms with Crippen LogP contribution in [0.4, 0.5) is 4.39 Å². The van der Waals surface area contributed by atoms with Crippen LogP contribution in [0.15, 0.2) is 47.5 Å². The molecule has 3 aromatic rings. The van der Waals surface area contributed by atoms with Gasteiger partial charge in [0.05, 0.1) is 16.8 Å². The number of hydrogen-bond acceptors (Lipinski definition) is 2. The minimum atomic E-state index is -0.376. The highest BCUT2D eigenvalue weighted by atomic mass is 32.1. The molecule has 1 aromatic heterocycles. The van der Waals surface area contributed by atoms with Crippen molar-refractivity contribution < 1.29 is 9.18 Å². The Hall–Kier alpha value is -2.71. The zero-order valence-corrected chi connectivity index (χ0v) is 13.2. The molecule has 0 bridgehead atoms. The maximum absolute atomic E-state index is 14.1. The van der Waals surface area contributed by atoms with Crippen LogP contribution in [0.25, 0.3) is 10.2 Å². The van der Waals surface area contributed by atoms with E-state index in [0.717, 1.165) is 5.56 Å². The maximum Gasteiger partial charge on any atom is 0.279 e. The van der Waals surface area contributed by atoms with Crippen LogP contribution in [0.3, 0.4) is 0 Å². The second-order valence-corrected chi connectivity index (χ2v) is 6.06. The van der Waals surface area contributed by atoms with E-state index in [1.54, 1.807) is 34.9 Å². The molecule has 23 heavy (non-hydrogen) atoms. The molecule has 0 N–H and O–H groups in total. The predicted molar refractivity (Wildman–Crippen MR) is 89.7 cm³/mol. The van der Waals surface area contributed by atoms with Crippen LogP contribution in [0.1, 0.15) is 15.9 Å². The molecule has 0 saturated heterocycles. The lowest BCUT2D eigenvalue weighted by molar-refractivity contribution is 0.0998. The zero-order chi connectivity index (χ0) is 16.4. The average Bonchev–Trinajstić information content (AvgIpc) is 2.86. The average molecular weight is 324 g/mol. The molecule has 0 saturated carbocycles. The van der Waals surface area contributed by atoms with E-state index < -0.39 is 0 Å². The third-order valence-corrected chi connectivity index (χ3v) is 4.41. The fourth-order valence-electron chi connectivity index (χ4n) is 2.34. The van der Waals surface area contributed by atoms with Crippen molar-refractivity contribution in [2.75, 3.05) is 0 Å². The Kier molecular flexibility index (Phi) is 4.09. The summed E-state index contributed by atoms with van der Waals surface area (Å²) in [5.74, 6) is 1.74. The van der Waals surface area contributed by atoms with Gasteiger partial charge in [-0.05, 0) is 31.2 Å². The Bertz CT molecular complexity index is 1010. The molecule has 114 valence electrons. The summed E-state index contributed by atoms with van der Waals surface area (Å²) < 4.78 is 16.4. The highest BCUT2D eigenvalue weighted by Gasteiger charge is 2.11. The van der Waals surface area contributed by atoms with Crippen LogP contribution in [-0.2, 0) is 6.54 Å². The normalized spacial score (nSPS) is 11.6. The molecule has 1 amide bonds. The molecule has 1 heterocycles. The molecule has 5 heteroatoms. The monoisotopic (exact) mass is 324 g/mol. The number of hydrogen-bond donors (Lipinski definition) is 0. The van der Waals surface area contributed by atoms with Gasteiger partial charge in [-0.3, -0.25) is 4.79 Å². The molecule has 0 radical (unpaired) electrons. The Balaban J connectivity index is 2.19. The fourth-order valence-corrected chi connectivity index (χ4v) is 3.38. The molecule has 0 spiro atoms. The number of carbonyl (C=O) groups is 1. The lowest BCUT2D eigenvalue weighted by Gasteiger charge is -2.01. The number of terminal acetylenes is 1. The van der Waals surface area contributed by atoms with Crippen molar-refractivity contribution >= 4 is 27.5 Å². The first-order valence-electron chi connectivity index (χ1n) is 6.97. The Morgan fingerprint density at radius 1 is 1.35 bits per heavy atom. The molecule has 3 nitrogen and oxygen atoms in total. The van der Waals surface area contributed by atoms with E-state index in [0.29, 0.717) is 20.6 Å². The summed E-state index contributed by atoms with van der Waals surface area (Å²) in [6, 6.07) is 12.0. The molecular formula is C18H13FN2OS. The molecule has 2 aromatic carbocycles. The van der Waals surface area contributed by atoms with E-state index in [2.05, 4.69) is 10.9 Å². The summed E-state index contributed by atoms with van der Waals surface area (Å²) in [7, 11) is 0. The van der Waals surface area contributed by atoms with E-state index in [-0.39, 0.29) is 18.3 Å². The van der Waals surface area contributed by atoms with Gasteiger partial charge in [0.1, 0.15) is 5.82 Å². The minimum absolute atomic E-state index is 0.154. The van der Waals surface area contributed by atoms with E-state index in [1.165, 1.54) is 17.4 Å². The van der Waals surface area contributed by atoms with Crippen molar-refractivity contribution in [3.8, 4) is 12.3 Å². The number of nitrogens with zero attached hydrogens (tertiary/aromatic N) is 2. The second-order valence-electron chi connectivity index (χ2n) is 5.05. The third-order valence-electron chi connectivity index (χ3n) is 3.36. The summed E-state index contributed by atoms with van der Waals surface area (Å²) >= 11 is 1.25. The van der Waals surface area contributed by atoms with Crippen LogP contribution >= 0.6 is 11.3 Å². The van der Waals surface area contributed by atoms with Gasteiger partial charge in [-0.2, -0.15) is 4.99 Å². The van der Waals surface area contributed by atoms with Gasteiger partial charge in [-0.15, -0.1) is 6.42 Å². The molecule has 0 aliphatic rings. The van der Waals surface area contributed by atoms with Crippen LogP contribution in [0, 0.1) is 25.1 Å². The Labute approximate surface area is 136 Å². The van der Waals surface area contributed by atoms with Crippen molar-refractivity contribution in [2.24, 2.45) is 4.99 Å². The van der Waals surface area contributed by atoms with Crippen LogP contribution in [-0.4, -0.2) is 10.5 Å². The van der Waals surface area contributed by atoms with Crippen molar-refractivity contribution in [1.82, 2.24) is 4.57 Å². The zero-order valence-electron chi connectivity index (χ0n) is 12.4. The largest absolute Gasteiger partial charge is 0.302 e. The summed E-state index contributed by atoms with van der Waals surface area (Å²) in [5.41, 5.74) is 1.85. The van der Waals surface area contributed by atoms with Crippen molar-refractivity contribution in [2.45, 2.75) is 13.5 Å². The number of aromatic nitrogens is 1.